The van der Waals surface area contributed by atoms with Gasteiger partial charge in [0.2, 0.25) is 0 Å². The van der Waals surface area contributed by atoms with E-state index in [1.807, 2.05) is 59.6 Å². The zero-order chi connectivity index (χ0) is 11.9. The van der Waals surface area contributed by atoms with E-state index in [1.165, 1.54) is 5.39 Å². The monoisotopic (exact) mass is 222 g/mol. The van der Waals surface area contributed by atoms with Crippen LogP contribution in [0.2, 0.25) is 0 Å². The normalized spacial score (nSPS) is 9.41. The Morgan fingerprint density at radius 2 is 1.65 bits per heavy atom. The number of benzene rings is 1. The topological polar surface area (TPSA) is 17.8 Å². The second kappa shape index (κ2) is 5.66. The molecule has 0 N–H and O–H groups in total. The van der Waals surface area contributed by atoms with Gasteiger partial charge >= 0.3 is 0 Å². The van der Waals surface area contributed by atoms with Crippen LogP contribution in [0.25, 0.3) is 17.1 Å². The maximum absolute atomic E-state index is 4.18. The molecule has 3 rings (SSSR count). The van der Waals surface area contributed by atoms with Crippen molar-refractivity contribution in [1.29, 1.82) is 0 Å². The SMILES string of the molecule is C=Cn1cccc1.c1ccc2ncccc2c1. The van der Waals surface area contributed by atoms with Crippen molar-refractivity contribution in [3.63, 3.8) is 0 Å². The first-order chi connectivity index (χ1) is 8.40. The number of nitrogens with zero attached hydrogens (tertiary/aromatic N) is 2. The van der Waals surface area contributed by atoms with Crippen molar-refractivity contribution in [3.8, 4) is 0 Å². The van der Waals surface area contributed by atoms with Gasteiger partial charge in [0.1, 0.15) is 0 Å². The standard InChI is InChI=1S/C9H7N.C6H7N/c1-2-6-9-8(4-1)5-3-7-10-9;1-2-7-5-3-4-6-7/h1-7H;2-6H,1H2. The fourth-order valence-corrected chi connectivity index (χ4v) is 1.49. The summed E-state index contributed by atoms with van der Waals surface area (Å²) in [6.07, 6.45) is 7.43. The van der Waals surface area contributed by atoms with Crippen LogP contribution in [0.3, 0.4) is 0 Å². The molecule has 84 valence electrons. The Morgan fingerprint density at radius 3 is 2.29 bits per heavy atom. The third-order valence-corrected chi connectivity index (χ3v) is 2.35. The molecule has 0 aliphatic carbocycles. The summed E-state index contributed by atoms with van der Waals surface area (Å²) in [6.45, 7) is 3.57. The number of hydrogen-bond acceptors (Lipinski definition) is 1. The van der Waals surface area contributed by atoms with E-state index in [0.29, 0.717) is 0 Å². The molecule has 0 aliphatic rings. The summed E-state index contributed by atoms with van der Waals surface area (Å²) in [4.78, 5) is 4.18. The second-order valence-electron chi connectivity index (χ2n) is 3.51. The molecule has 0 saturated heterocycles. The highest BCUT2D eigenvalue weighted by Crippen LogP contribution is 2.07. The van der Waals surface area contributed by atoms with E-state index in [2.05, 4.69) is 23.7 Å². The fraction of sp³-hybridized carbons (Fsp3) is 0. The van der Waals surface area contributed by atoms with Crippen molar-refractivity contribution in [2.75, 3.05) is 0 Å². The van der Waals surface area contributed by atoms with E-state index < -0.39 is 0 Å². The molecule has 0 unspecified atom stereocenters. The molecule has 0 amide bonds. The third kappa shape index (κ3) is 3.05. The maximum Gasteiger partial charge on any atom is 0.0701 e. The van der Waals surface area contributed by atoms with Gasteiger partial charge in [-0.05, 0) is 24.3 Å². The lowest BCUT2D eigenvalue weighted by Crippen LogP contribution is -1.73. The first kappa shape index (κ1) is 11.1. The molecule has 1 aromatic carbocycles. The molecule has 2 heterocycles. The van der Waals surface area contributed by atoms with Crippen LogP contribution in [0.1, 0.15) is 0 Å². The smallest absolute Gasteiger partial charge is 0.0701 e. The Bertz CT molecular complexity index is 517. The minimum Gasteiger partial charge on any atom is -0.331 e. The number of para-hydroxylation sites is 1. The van der Waals surface area contributed by atoms with Gasteiger partial charge in [0.05, 0.1) is 5.52 Å². The third-order valence-electron chi connectivity index (χ3n) is 2.35. The minimum atomic E-state index is 1.06. The van der Waals surface area contributed by atoms with Gasteiger partial charge in [-0.2, -0.15) is 0 Å². The van der Waals surface area contributed by atoms with Crippen molar-refractivity contribution in [2.45, 2.75) is 0 Å². The summed E-state index contributed by atoms with van der Waals surface area (Å²) in [6, 6.07) is 16.0. The van der Waals surface area contributed by atoms with Crippen LogP contribution in [0.15, 0.2) is 73.7 Å². The van der Waals surface area contributed by atoms with Crippen LogP contribution in [0.5, 0.6) is 0 Å². The van der Waals surface area contributed by atoms with Crippen LogP contribution in [-0.2, 0) is 0 Å². The van der Waals surface area contributed by atoms with Crippen molar-refractivity contribution < 1.29 is 0 Å². The first-order valence-electron chi connectivity index (χ1n) is 5.45. The van der Waals surface area contributed by atoms with Gasteiger partial charge in [-0.25, -0.2) is 0 Å². The Morgan fingerprint density at radius 1 is 0.941 bits per heavy atom. The van der Waals surface area contributed by atoms with Crippen molar-refractivity contribution in [2.24, 2.45) is 0 Å². The Labute approximate surface area is 101 Å². The van der Waals surface area contributed by atoms with E-state index >= 15 is 0 Å². The van der Waals surface area contributed by atoms with Crippen molar-refractivity contribution in [1.82, 2.24) is 9.55 Å². The van der Waals surface area contributed by atoms with Gasteiger partial charge in [0, 0.05) is 30.2 Å². The van der Waals surface area contributed by atoms with Gasteiger partial charge < -0.3 is 4.57 Å². The summed E-state index contributed by atoms with van der Waals surface area (Å²) in [5, 5.41) is 1.20. The molecule has 2 heteroatoms. The van der Waals surface area contributed by atoms with Crippen LogP contribution in [-0.4, -0.2) is 9.55 Å². The lowest BCUT2D eigenvalue weighted by molar-refractivity contribution is 1.18. The Hall–Kier alpha value is -2.35. The highest BCUT2D eigenvalue weighted by Gasteiger charge is 1.86. The van der Waals surface area contributed by atoms with E-state index in [-0.39, 0.29) is 0 Å². The highest BCUT2D eigenvalue weighted by molar-refractivity contribution is 5.77. The van der Waals surface area contributed by atoms with Gasteiger partial charge in [0.15, 0.2) is 0 Å². The highest BCUT2D eigenvalue weighted by atomic mass is 14.9. The number of rotatable bonds is 1. The summed E-state index contributed by atoms with van der Waals surface area (Å²) < 4.78 is 1.89. The van der Waals surface area contributed by atoms with Gasteiger partial charge in [-0.1, -0.05) is 30.8 Å². The minimum absolute atomic E-state index is 1.06. The zero-order valence-corrected chi connectivity index (χ0v) is 9.53. The zero-order valence-electron chi connectivity index (χ0n) is 9.53. The Kier molecular flexibility index (Phi) is 3.71. The molecular weight excluding hydrogens is 208 g/mol. The number of aromatic nitrogens is 2. The van der Waals surface area contributed by atoms with Gasteiger partial charge in [0.25, 0.3) is 0 Å². The molecular formula is C15H14N2. The molecule has 0 radical (unpaired) electrons. The molecule has 0 spiro atoms. The van der Waals surface area contributed by atoms with Crippen LogP contribution < -0.4 is 0 Å². The van der Waals surface area contributed by atoms with Crippen molar-refractivity contribution >= 4 is 17.1 Å². The fourth-order valence-electron chi connectivity index (χ4n) is 1.49. The second-order valence-corrected chi connectivity index (χ2v) is 3.51. The van der Waals surface area contributed by atoms with Crippen LogP contribution in [0, 0.1) is 0 Å². The number of hydrogen-bond donors (Lipinski definition) is 0. The quantitative estimate of drug-likeness (QED) is 0.612. The molecule has 0 atom stereocenters. The molecule has 0 aliphatic heterocycles. The van der Waals surface area contributed by atoms with E-state index in [1.54, 1.807) is 6.20 Å². The summed E-state index contributed by atoms with van der Waals surface area (Å²) in [7, 11) is 0. The Balaban J connectivity index is 0.000000136. The predicted octanol–water partition coefficient (Wildman–Crippen LogP) is 3.82. The average molecular weight is 222 g/mol. The summed E-state index contributed by atoms with van der Waals surface area (Å²) in [5.41, 5.74) is 1.06. The molecule has 0 bridgehead atoms. The first-order valence-corrected chi connectivity index (χ1v) is 5.45. The summed E-state index contributed by atoms with van der Waals surface area (Å²) in [5.74, 6) is 0. The van der Waals surface area contributed by atoms with Crippen LogP contribution >= 0.6 is 0 Å². The van der Waals surface area contributed by atoms with Gasteiger partial charge in [-0.15, -0.1) is 0 Å². The molecule has 0 fully saturated rings. The predicted molar refractivity (Wildman–Crippen MR) is 72.6 cm³/mol. The molecule has 17 heavy (non-hydrogen) atoms. The van der Waals surface area contributed by atoms with E-state index in [0.717, 1.165) is 5.52 Å². The van der Waals surface area contributed by atoms with Crippen LogP contribution in [0.4, 0.5) is 0 Å². The lowest BCUT2D eigenvalue weighted by Gasteiger charge is -1.91. The lowest BCUT2D eigenvalue weighted by atomic mass is 10.2. The van der Waals surface area contributed by atoms with Crippen molar-refractivity contribution in [3.05, 3.63) is 73.7 Å². The maximum atomic E-state index is 4.18. The van der Waals surface area contributed by atoms with Gasteiger partial charge in [-0.3, -0.25) is 4.98 Å². The molecule has 2 aromatic heterocycles. The number of fused-ring (bicyclic) bond motifs is 1. The molecule has 0 saturated carbocycles. The number of pyridine rings is 1. The largest absolute Gasteiger partial charge is 0.331 e. The summed E-state index contributed by atoms with van der Waals surface area (Å²) >= 11 is 0. The molecule has 2 nitrogen and oxygen atoms in total. The van der Waals surface area contributed by atoms with E-state index in [4.69, 9.17) is 0 Å². The molecule has 3 aromatic rings. The van der Waals surface area contributed by atoms with E-state index in [9.17, 15) is 0 Å². The average Bonchev–Trinajstić information content (AvgIpc) is 2.93.